The Morgan fingerprint density at radius 1 is 1.07 bits per heavy atom. The molecule has 3 heteroatoms. The first-order valence-corrected chi connectivity index (χ1v) is 4.89. The molecular weight excluding hydrogens is 180 g/mol. The molecule has 1 aromatic carbocycles. The highest BCUT2D eigenvalue weighted by Crippen LogP contribution is 2.33. The average Bonchev–Trinajstić information content (AvgIpc) is 2.13. The van der Waals surface area contributed by atoms with Crippen molar-refractivity contribution in [3.05, 3.63) is 17.7 Å². The van der Waals surface area contributed by atoms with Gasteiger partial charge < -0.3 is 15.3 Å². The van der Waals surface area contributed by atoms with Crippen molar-refractivity contribution in [1.29, 1.82) is 0 Å². The SMILES string of the molecule is CCCCCc1cc(O)cc(O)c1O. The van der Waals surface area contributed by atoms with Crippen LogP contribution in [0.3, 0.4) is 0 Å². The Kier molecular flexibility index (Phi) is 3.63. The summed E-state index contributed by atoms with van der Waals surface area (Å²) >= 11 is 0. The highest BCUT2D eigenvalue weighted by Gasteiger charge is 2.08. The number of rotatable bonds is 4. The molecule has 3 nitrogen and oxygen atoms in total. The van der Waals surface area contributed by atoms with Crippen molar-refractivity contribution >= 4 is 0 Å². The Bertz CT molecular complexity index is 308. The first-order valence-electron chi connectivity index (χ1n) is 4.89. The Balaban J connectivity index is 2.75. The van der Waals surface area contributed by atoms with Crippen LogP contribution < -0.4 is 0 Å². The molecule has 0 unspecified atom stereocenters. The summed E-state index contributed by atoms with van der Waals surface area (Å²) in [5.41, 5.74) is 0.607. The zero-order valence-electron chi connectivity index (χ0n) is 8.32. The summed E-state index contributed by atoms with van der Waals surface area (Å²) in [4.78, 5) is 0. The second-order valence-electron chi connectivity index (χ2n) is 3.43. The molecule has 0 saturated heterocycles. The number of hydrogen-bond acceptors (Lipinski definition) is 3. The molecule has 1 rings (SSSR count). The molecule has 0 saturated carbocycles. The van der Waals surface area contributed by atoms with Crippen molar-refractivity contribution in [2.24, 2.45) is 0 Å². The summed E-state index contributed by atoms with van der Waals surface area (Å²) in [6.45, 7) is 2.10. The van der Waals surface area contributed by atoms with E-state index in [1.807, 2.05) is 0 Å². The predicted molar refractivity (Wildman–Crippen MR) is 54.7 cm³/mol. The third kappa shape index (κ3) is 2.55. The second kappa shape index (κ2) is 4.74. The molecule has 0 heterocycles. The van der Waals surface area contributed by atoms with E-state index in [4.69, 9.17) is 0 Å². The van der Waals surface area contributed by atoms with Gasteiger partial charge in [-0.25, -0.2) is 0 Å². The maximum absolute atomic E-state index is 9.46. The first kappa shape index (κ1) is 10.7. The fourth-order valence-electron chi connectivity index (χ4n) is 1.42. The smallest absolute Gasteiger partial charge is 0.161 e. The van der Waals surface area contributed by atoms with Crippen molar-refractivity contribution in [2.45, 2.75) is 32.6 Å². The molecule has 0 atom stereocenters. The van der Waals surface area contributed by atoms with Crippen LogP contribution in [0.15, 0.2) is 12.1 Å². The number of aromatic hydroxyl groups is 3. The Labute approximate surface area is 83.6 Å². The molecule has 0 aliphatic carbocycles. The highest BCUT2D eigenvalue weighted by molar-refractivity contribution is 5.49. The quantitative estimate of drug-likeness (QED) is 0.394. The largest absolute Gasteiger partial charge is 0.508 e. The lowest BCUT2D eigenvalue weighted by molar-refractivity contribution is 0.391. The number of aryl methyl sites for hydroxylation is 1. The van der Waals surface area contributed by atoms with Gasteiger partial charge >= 0.3 is 0 Å². The van der Waals surface area contributed by atoms with Gasteiger partial charge in [-0.2, -0.15) is 0 Å². The van der Waals surface area contributed by atoms with Crippen molar-refractivity contribution in [3.63, 3.8) is 0 Å². The summed E-state index contributed by atoms with van der Waals surface area (Å²) in [6, 6.07) is 2.63. The van der Waals surface area contributed by atoms with E-state index in [0.29, 0.717) is 12.0 Å². The number of hydrogen-bond donors (Lipinski definition) is 3. The number of phenolic OH excluding ortho intramolecular Hbond substituents is 3. The summed E-state index contributed by atoms with van der Waals surface area (Å²) in [5, 5.41) is 27.9. The zero-order chi connectivity index (χ0) is 10.6. The van der Waals surface area contributed by atoms with Crippen LogP contribution in [0.4, 0.5) is 0 Å². The number of phenols is 3. The molecule has 0 aromatic heterocycles. The fourth-order valence-corrected chi connectivity index (χ4v) is 1.42. The van der Waals surface area contributed by atoms with Gasteiger partial charge in [0.05, 0.1) is 0 Å². The summed E-state index contributed by atoms with van der Waals surface area (Å²) in [5.74, 6) is -0.373. The van der Waals surface area contributed by atoms with Crippen LogP contribution in [0.2, 0.25) is 0 Å². The molecule has 0 aliphatic heterocycles. The second-order valence-corrected chi connectivity index (χ2v) is 3.43. The maximum atomic E-state index is 9.46. The van der Waals surface area contributed by atoms with Crippen molar-refractivity contribution in [1.82, 2.24) is 0 Å². The van der Waals surface area contributed by atoms with Crippen LogP contribution in [0, 0.1) is 0 Å². The molecule has 78 valence electrons. The van der Waals surface area contributed by atoms with Crippen molar-refractivity contribution in [2.75, 3.05) is 0 Å². The van der Waals surface area contributed by atoms with Gasteiger partial charge in [0.25, 0.3) is 0 Å². The van der Waals surface area contributed by atoms with Crippen LogP contribution in [0.1, 0.15) is 31.7 Å². The van der Waals surface area contributed by atoms with Gasteiger partial charge in [0, 0.05) is 11.6 Å². The van der Waals surface area contributed by atoms with Gasteiger partial charge in [0.15, 0.2) is 11.5 Å². The van der Waals surface area contributed by atoms with E-state index >= 15 is 0 Å². The van der Waals surface area contributed by atoms with E-state index in [1.165, 1.54) is 6.07 Å². The average molecular weight is 196 g/mol. The normalized spacial score (nSPS) is 10.4. The molecule has 0 amide bonds. The number of benzene rings is 1. The van der Waals surface area contributed by atoms with Crippen LogP contribution >= 0.6 is 0 Å². The first-order chi connectivity index (χ1) is 6.65. The third-order valence-corrected chi connectivity index (χ3v) is 2.20. The Morgan fingerprint density at radius 2 is 1.79 bits per heavy atom. The van der Waals surface area contributed by atoms with E-state index in [0.717, 1.165) is 25.3 Å². The fraction of sp³-hybridized carbons (Fsp3) is 0.455. The zero-order valence-corrected chi connectivity index (χ0v) is 8.32. The van der Waals surface area contributed by atoms with Gasteiger partial charge in [-0.3, -0.25) is 0 Å². The topological polar surface area (TPSA) is 60.7 Å². The minimum absolute atomic E-state index is 0.00759. The molecule has 0 aliphatic rings. The van der Waals surface area contributed by atoms with Gasteiger partial charge in [0.1, 0.15) is 5.75 Å². The van der Waals surface area contributed by atoms with Crippen LogP contribution in [-0.2, 0) is 6.42 Å². The van der Waals surface area contributed by atoms with E-state index in [2.05, 4.69) is 6.92 Å². The maximum Gasteiger partial charge on any atom is 0.161 e. The van der Waals surface area contributed by atoms with E-state index in [9.17, 15) is 15.3 Å². The molecule has 0 radical (unpaired) electrons. The van der Waals surface area contributed by atoms with Crippen molar-refractivity contribution in [3.8, 4) is 17.2 Å². The highest BCUT2D eigenvalue weighted by atomic mass is 16.3. The molecular formula is C11H16O3. The minimum atomic E-state index is -0.253. The lowest BCUT2D eigenvalue weighted by atomic mass is 10.1. The third-order valence-electron chi connectivity index (χ3n) is 2.20. The summed E-state index contributed by atoms with van der Waals surface area (Å²) < 4.78 is 0. The van der Waals surface area contributed by atoms with Gasteiger partial charge in [-0.05, 0) is 18.9 Å². The molecule has 0 bridgehead atoms. The van der Waals surface area contributed by atoms with E-state index in [-0.39, 0.29) is 17.2 Å². The van der Waals surface area contributed by atoms with Crippen LogP contribution in [0.5, 0.6) is 17.2 Å². The van der Waals surface area contributed by atoms with Gasteiger partial charge in [-0.1, -0.05) is 19.8 Å². The summed E-state index contributed by atoms with van der Waals surface area (Å²) in [7, 11) is 0. The van der Waals surface area contributed by atoms with Gasteiger partial charge in [0.2, 0.25) is 0 Å². The Hall–Kier alpha value is -1.38. The lowest BCUT2D eigenvalue weighted by Crippen LogP contribution is -1.87. The monoisotopic (exact) mass is 196 g/mol. The lowest BCUT2D eigenvalue weighted by Gasteiger charge is -2.06. The standard InChI is InChI=1S/C11H16O3/c1-2-3-4-5-8-6-9(12)7-10(13)11(8)14/h6-7,12-14H,2-5H2,1H3. The molecule has 0 fully saturated rings. The Morgan fingerprint density at radius 3 is 2.43 bits per heavy atom. The predicted octanol–water partition coefficient (Wildman–Crippen LogP) is 2.54. The molecule has 14 heavy (non-hydrogen) atoms. The van der Waals surface area contributed by atoms with Crippen LogP contribution in [0.25, 0.3) is 0 Å². The molecule has 0 spiro atoms. The van der Waals surface area contributed by atoms with E-state index < -0.39 is 0 Å². The van der Waals surface area contributed by atoms with E-state index in [1.54, 1.807) is 0 Å². The molecule has 3 N–H and O–H groups in total. The van der Waals surface area contributed by atoms with Crippen molar-refractivity contribution < 1.29 is 15.3 Å². The summed E-state index contributed by atoms with van der Waals surface area (Å²) in [6.07, 6.45) is 3.82. The minimum Gasteiger partial charge on any atom is -0.508 e. The number of unbranched alkanes of at least 4 members (excludes halogenated alkanes) is 2. The van der Waals surface area contributed by atoms with Gasteiger partial charge in [-0.15, -0.1) is 0 Å². The van der Waals surface area contributed by atoms with Crippen LogP contribution in [-0.4, -0.2) is 15.3 Å². The molecule has 1 aromatic rings.